The first-order valence-electron chi connectivity index (χ1n) is 5.66. The highest BCUT2D eigenvalue weighted by atomic mass is 19.2. The predicted molar refractivity (Wildman–Crippen MR) is 61.5 cm³/mol. The van der Waals surface area contributed by atoms with E-state index < -0.39 is 11.6 Å². The Kier molecular flexibility index (Phi) is 3.66. The molecular weight excluding hydrogens is 240 g/mol. The molecule has 6 heteroatoms. The van der Waals surface area contributed by atoms with Crippen LogP contribution in [0.25, 0.3) is 11.4 Å². The van der Waals surface area contributed by atoms with Gasteiger partial charge in [-0.2, -0.15) is 4.98 Å². The minimum atomic E-state index is -0.947. The molecule has 0 aliphatic rings. The van der Waals surface area contributed by atoms with Gasteiger partial charge in [0.15, 0.2) is 11.6 Å². The van der Waals surface area contributed by atoms with Gasteiger partial charge in [0.05, 0.1) is 6.04 Å². The van der Waals surface area contributed by atoms with Gasteiger partial charge in [-0.1, -0.05) is 18.5 Å². The van der Waals surface area contributed by atoms with Crippen LogP contribution in [0.5, 0.6) is 0 Å². The lowest BCUT2D eigenvalue weighted by Crippen LogP contribution is -2.09. The van der Waals surface area contributed by atoms with E-state index >= 15 is 0 Å². The molecule has 1 aromatic heterocycles. The molecule has 0 bridgehead atoms. The van der Waals surface area contributed by atoms with Gasteiger partial charge in [-0.25, -0.2) is 8.78 Å². The normalized spacial score (nSPS) is 12.7. The lowest BCUT2D eigenvalue weighted by atomic mass is 10.2. The molecule has 0 unspecified atom stereocenters. The zero-order valence-corrected chi connectivity index (χ0v) is 9.86. The Labute approximate surface area is 103 Å². The second-order valence-corrected chi connectivity index (χ2v) is 3.98. The smallest absolute Gasteiger partial charge is 0.243 e. The molecule has 1 heterocycles. The van der Waals surface area contributed by atoms with Crippen molar-refractivity contribution in [2.75, 3.05) is 0 Å². The van der Waals surface area contributed by atoms with E-state index in [0.29, 0.717) is 11.5 Å². The first-order valence-corrected chi connectivity index (χ1v) is 5.66. The summed E-state index contributed by atoms with van der Waals surface area (Å²) >= 11 is 0. The van der Waals surface area contributed by atoms with Gasteiger partial charge in [-0.05, 0) is 24.6 Å². The topological polar surface area (TPSA) is 64.9 Å². The standard InChI is InChI=1S/C12H13F2N3O/c1-2-3-10(15)12-16-11(17-18-12)7-4-5-8(13)9(14)6-7/h4-6,10H,2-3,15H2,1H3/t10-/m1/s1. The molecule has 4 nitrogen and oxygen atoms in total. The van der Waals surface area contributed by atoms with Gasteiger partial charge in [0.2, 0.25) is 11.7 Å². The molecule has 2 rings (SSSR count). The summed E-state index contributed by atoms with van der Waals surface area (Å²) in [6.45, 7) is 1.99. The molecule has 2 N–H and O–H groups in total. The monoisotopic (exact) mass is 253 g/mol. The van der Waals surface area contributed by atoms with Crippen LogP contribution in [0.4, 0.5) is 8.78 Å². The molecule has 0 spiro atoms. The highest BCUT2D eigenvalue weighted by Crippen LogP contribution is 2.21. The van der Waals surface area contributed by atoms with Crippen molar-refractivity contribution in [1.29, 1.82) is 0 Å². The molecule has 0 aliphatic heterocycles. The molecule has 0 saturated carbocycles. The molecule has 1 atom stereocenters. The van der Waals surface area contributed by atoms with Crippen LogP contribution in [0.3, 0.4) is 0 Å². The Bertz CT molecular complexity index is 542. The summed E-state index contributed by atoms with van der Waals surface area (Å²) < 4.78 is 30.9. The maximum absolute atomic E-state index is 13.1. The third kappa shape index (κ3) is 2.53. The summed E-state index contributed by atoms with van der Waals surface area (Å²) in [5.74, 6) is -1.35. The molecule has 2 aromatic rings. The number of rotatable bonds is 4. The van der Waals surface area contributed by atoms with Crippen LogP contribution >= 0.6 is 0 Å². The first-order chi connectivity index (χ1) is 8.61. The highest BCUT2D eigenvalue weighted by Gasteiger charge is 2.15. The van der Waals surface area contributed by atoms with Gasteiger partial charge < -0.3 is 10.3 Å². The minimum absolute atomic E-state index is 0.204. The van der Waals surface area contributed by atoms with E-state index in [1.54, 1.807) is 0 Å². The van der Waals surface area contributed by atoms with Crippen LogP contribution < -0.4 is 5.73 Å². The quantitative estimate of drug-likeness (QED) is 0.909. The van der Waals surface area contributed by atoms with Crippen molar-refractivity contribution in [2.24, 2.45) is 5.73 Å². The summed E-state index contributed by atoms with van der Waals surface area (Å²) in [6, 6.07) is 3.10. The van der Waals surface area contributed by atoms with Crippen LogP contribution in [0, 0.1) is 11.6 Å². The van der Waals surface area contributed by atoms with Crippen LogP contribution in [-0.4, -0.2) is 10.1 Å². The van der Waals surface area contributed by atoms with E-state index in [-0.39, 0.29) is 11.9 Å². The summed E-state index contributed by atoms with van der Waals surface area (Å²) in [4.78, 5) is 4.08. The fraction of sp³-hybridized carbons (Fsp3) is 0.333. The largest absolute Gasteiger partial charge is 0.337 e. The fourth-order valence-corrected chi connectivity index (χ4v) is 1.57. The van der Waals surface area contributed by atoms with E-state index in [2.05, 4.69) is 10.1 Å². The highest BCUT2D eigenvalue weighted by molar-refractivity contribution is 5.54. The lowest BCUT2D eigenvalue weighted by Gasteiger charge is -2.02. The van der Waals surface area contributed by atoms with Crippen molar-refractivity contribution in [2.45, 2.75) is 25.8 Å². The van der Waals surface area contributed by atoms with Crippen LogP contribution in [0.15, 0.2) is 22.7 Å². The Balaban J connectivity index is 2.26. The van der Waals surface area contributed by atoms with Gasteiger partial charge in [0.1, 0.15) is 0 Å². The summed E-state index contributed by atoms with van der Waals surface area (Å²) in [5.41, 5.74) is 6.17. The second kappa shape index (κ2) is 5.22. The van der Waals surface area contributed by atoms with Crippen molar-refractivity contribution in [3.8, 4) is 11.4 Å². The van der Waals surface area contributed by atoms with Crippen molar-refractivity contribution in [3.05, 3.63) is 35.7 Å². The third-order valence-electron chi connectivity index (χ3n) is 2.54. The Morgan fingerprint density at radius 2 is 2.11 bits per heavy atom. The van der Waals surface area contributed by atoms with Crippen molar-refractivity contribution < 1.29 is 13.3 Å². The van der Waals surface area contributed by atoms with Crippen molar-refractivity contribution in [3.63, 3.8) is 0 Å². The maximum Gasteiger partial charge on any atom is 0.243 e. The molecule has 0 fully saturated rings. The van der Waals surface area contributed by atoms with Gasteiger partial charge in [0.25, 0.3) is 0 Å². The van der Waals surface area contributed by atoms with Gasteiger partial charge in [-0.15, -0.1) is 0 Å². The van der Waals surface area contributed by atoms with Gasteiger partial charge >= 0.3 is 0 Å². The fourth-order valence-electron chi connectivity index (χ4n) is 1.57. The summed E-state index contributed by atoms with van der Waals surface area (Å²) in [6.07, 6.45) is 1.61. The van der Waals surface area contributed by atoms with Crippen molar-refractivity contribution >= 4 is 0 Å². The average molecular weight is 253 g/mol. The molecular formula is C12H13F2N3O. The number of aromatic nitrogens is 2. The van der Waals surface area contributed by atoms with Crippen LogP contribution in [-0.2, 0) is 0 Å². The van der Waals surface area contributed by atoms with Gasteiger partial charge in [-0.3, -0.25) is 0 Å². The summed E-state index contributed by atoms with van der Waals surface area (Å²) in [7, 11) is 0. The van der Waals surface area contributed by atoms with E-state index in [1.165, 1.54) is 6.07 Å². The molecule has 1 aromatic carbocycles. The van der Waals surface area contributed by atoms with Crippen LogP contribution in [0.1, 0.15) is 31.7 Å². The Morgan fingerprint density at radius 1 is 1.33 bits per heavy atom. The number of benzene rings is 1. The number of halogens is 2. The lowest BCUT2D eigenvalue weighted by molar-refractivity contribution is 0.348. The molecule has 96 valence electrons. The van der Waals surface area contributed by atoms with E-state index in [1.807, 2.05) is 6.92 Å². The zero-order chi connectivity index (χ0) is 13.1. The average Bonchev–Trinajstić information content (AvgIpc) is 2.82. The van der Waals surface area contributed by atoms with E-state index in [4.69, 9.17) is 10.3 Å². The first kappa shape index (κ1) is 12.6. The van der Waals surface area contributed by atoms with E-state index in [0.717, 1.165) is 25.0 Å². The Hall–Kier alpha value is -1.82. The second-order valence-electron chi connectivity index (χ2n) is 3.98. The SMILES string of the molecule is CCC[C@@H](N)c1nc(-c2ccc(F)c(F)c2)no1. The third-order valence-corrected chi connectivity index (χ3v) is 2.54. The van der Waals surface area contributed by atoms with Crippen LogP contribution in [0.2, 0.25) is 0 Å². The number of hydrogen-bond donors (Lipinski definition) is 1. The predicted octanol–water partition coefficient (Wildman–Crippen LogP) is 2.81. The molecule has 0 amide bonds. The van der Waals surface area contributed by atoms with Crippen molar-refractivity contribution in [1.82, 2.24) is 10.1 Å². The van der Waals surface area contributed by atoms with Gasteiger partial charge in [0, 0.05) is 5.56 Å². The number of hydrogen-bond acceptors (Lipinski definition) is 4. The number of nitrogens with zero attached hydrogens (tertiary/aromatic N) is 2. The zero-order valence-electron chi connectivity index (χ0n) is 9.86. The molecule has 0 aliphatic carbocycles. The minimum Gasteiger partial charge on any atom is -0.337 e. The molecule has 18 heavy (non-hydrogen) atoms. The van der Waals surface area contributed by atoms with E-state index in [9.17, 15) is 8.78 Å². The summed E-state index contributed by atoms with van der Waals surface area (Å²) in [5, 5.41) is 3.71. The Morgan fingerprint density at radius 3 is 2.78 bits per heavy atom. The number of nitrogens with two attached hydrogens (primary N) is 1. The molecule has 0 saturated heterocycles. The molecule has 0 radical (unpaired) electrons. The maximum atomic E-state index is 13.1.